The number of rotatable bonds is 8. The van der Waals surface area contributed by atoms with E-state index in [1.54, 1.807) is 0 Å². The van der Waals surface area contributed by atoms with Crippen molar-refractivity contribution in [2.75, 3.05) is 36.9 Å². The molecule has 0 amide bonds. The van der Waals surface area contributed by atoms with Gasteiger partial charge in [-0.3, -0.25) is 0 Å². The Morgan fingerprint density at radius 2 is 1.14 bits per heavy atom. The molecule has 1 aromatic carbocycles. The monoisotopic (exact) mass is 342 g/mol. The van der Waals surface area contributed by atoms with Crippen LogP contribution in [0.4, 0.5) is 11.4 Å². The third-order valence-electron chi connectivity index (χ3n) is 2.64. The van der Waals surface area contributed by atoms with E-state index >= 15 is 0 Å². The van der Waals surface area contributed by atoms with Gasteiger partial charge in [-0.2, -0.15) is 0 Å². The number of aliphatic hydroxyl groups excluding tert-OH is 2. The molecule has 0 spiro atoms. The van der Waals surface area contributed by atoms with Crippen molar-refractivity contribution in [2.45, 2.75) is 12.8 Å². The summed E-state index contributed by atoms with van der Waals surface area (Å²) in [5, 5.41) is 30.6. The summed E-state index contributed by atoms with van der Waals surface area (Å²) in [7, 11) is 0. The van der Waals surface area contributed by atoms with E-state index in [0.29, 0.717) is 36.2 Å². The third kappa shape index (κ3) is 8.08. The van der Waals surface area contributed by atoms with Crippen molar-refractivity contribution >= 4 is 46.0 Å². The quantitative estimate of drug-likeness (QED) is 0.308. The van der Waals surface area contributed by atoms with Crippen LogP contribution in [0, 0.1) is 0 Å². The summed E-state index contributed by atoms with van der Waals surface area (Å²) < 4.78 is 0. The zero-order valence-electron chi connectivity index (χ0n) is 12.3. The van der Waals surface area contributed by atoms with E-state index in [0.717, 1.165) is 11.4 Å². The first-order valence-corrected chi connectivity index (χ1v) is 7.89. The zero-order valence-corrected chi connectivity index (χ0v) is 13.9. The normalized spacial score (nSPS) is 9.91. The van der Waals surface area contributed by atoms with Crippen LogP contribution in [0.2, 0.25) is 0 Å². The maximum atomic E-state index is 8.70. The Bertz CT molecular complexity index is 425. The van der Waals surface area contributed by atoms with Gasteiger partial charge in [0.25, 0.3) is 0 Å². The van der Waals surface area contributed by atoms with Crippen LogP contribution in [0.5, 0.6) is 0 Å². The van der Waals surface area contributed by atoms with Crippen molar-refractivity contribution < 1.29 is 10.2 Å². The Morgan fingerprint density at radius 1 is 0.773 bits per heavy atom. The molecular weight excluding hydrogens is 320 g/mol. The highest BCUT2D eigenvalue weighted by atomic mass is 32.1. The lowest BCUT2D eigenvalue weighted by Crippen LogP contribution is -2.30. The van der Waals surface area contributed by atoms with Crippen LogP contribution >= 0.6 is 24.4 Å². The number of thiocarbonyl (C=S) groups is 2. The summed E-state index contributed by atoms with van der Waals surface area (Å²) in [5.41, 5.74) is 1.73. The lowest BCUT2D eigenvalue weighted by molar-refractivity contribution is 0.289. The SMILES string of the molecule is OCCCNC(=S)Nc1ccc(NC(=S)NCCCO)cc1. The second-order valence-electron chi connectivity index (χ2n) is 4.49. The number of benzene rings is 1. The van der Waals surface area contributed by atoms with E-state index in [2.05, 4.69) is 21.3 Å². The average Bonchev–Trinajstić information content (AvgIpc) is 2.50. The van der Waals surface area contributed by atoms with Crippen molar-refractivity contribution in [2.24, 2.45) is 0 Å². The Hall–Kier alpha value is -1.48. The molecule has 8 heteroatoms. The fraction of sp³-hybridized carbons (Fsp3) is 0.429. The summed E-state index contributed by atoms with van der Waals surface area (Å²) in [6, 6.07) is 7.55. The molecule has 122 valence electrons. The maximum Gasteiger partial charge on any atom is 0.170 e. The topological polar surface area (TPSA) is 88.6 Å². The van der Waals surface area contributed by atoms with Crippen molar-refractivity contribution in [1.82, 2.24) is 10.6 Å². The molecule has 0 radical (unpaired) electrons. The van der Waals surface area contributed by atoms with Crippen molar-refractivity contribution in [3.63, 3.8) is 0 Å². The van der Waals surface area contributed by atoms with Gasteiger partial charge in [0, 0.05) is 37.7 Å². The van der Waals surface area contributed by atoms with Crippen LogP contribution in [0.3, 0.4) is 0 Å². The van der Waals surface area contributed by atoms with Gasteiger partial charge in [0.15, 0.2) is 10.2 Å². The summed E-state index contributed by atoms with van der Waals surface area (Å²) >= 11 is 10.3. The van der Waals surface area contributed by atoms with E-state index in [9.17, 15) is 0 Å². The Labute approximate surface area is 141 Å². The van der Waals surface area contributed by atoms with Crippen LogP contribution in [0.25, 0.3) is 0 Å². The Kier molecular flexibility index (Phi) is 9.40. The molecule has 0 aromatic heterocycles. The second kappa shape index (κ2) is 11.1. The minimum atomic E-state index is 0.141. The van der Waals surface area contributed by atoms with E-state index < -0.39 is 0 Å². The predicted molar refractivity (Wildman–Crippen MR) is 98.3 cm³/mol. The predicted octanol–water partition coefficient (Wildman–Crippen LogP) is 1.02. The molecule has 0 aliphatic carbocycles. The molecule has 0 aliphatic rings. The van der Waals surface area contributed by atoms with Crippen molar-refractivity contribution in [3.8, 4) is 0 Å². The molecule has 22 heavy (non-hydrogen) atoms. The molecule has 0 saturated carbocycles. The highest BCUT2D eigenvalue weighted by Gasteiger charge is 2.00. The van der Waals surface area contributed by atoms with E-state index in [-0.39, 0.29) is 13.2 Å². The third-order valence-corrected chi connectivity index (χ3v) is 3.13. The lowest BCUT2D eigenvalue weighted by atomic mass is 10.3. The number of hydrogen-bond acceptors (Lipinski definition) is 4. The molecule has 0 saturated heterocycles. The number of hydrogen-bond donors (Lipinski definition) is 6. The van der Waals surface area contributed by atoms with E-state index in [1.165, 1.54) is 0 Å². The molecule has 6 N–H and O–H groups in total. The summed E-state index contributed by atoms with van der Waals surface area (Å²) in [5.74, 6) is 0. The highest BCUT2D eigenvalue weighted by Crippen LogP contribution is 2.13. The standard InChI is InChI=1S/C14H22N4O2S2/c19-9-1-7-15-13(21)17-11-3-5-12(6-4-11)18-14(22)16-8-2-10-20/h3-6,19-20H,1-2,7-10H2,(H2,15,17,21)(H2,16,18,22). The molecular formula is C14H22N4O2S2. The minimum Gasteiger partial charge on any atom is -0.396 e. The fourth-order valence-electron chi connectivity index (χ4n) is 1.55. The van der Waals surface area contributed by atoms with Crippen molar-refractivity contribution in [3.05, 3.63) is 24.3 Å². The van der Waals surface area contributed by atoms with Gasteiger partial charge < -0.3 is 31.5 Å². The summed E-state index contributed by atoms with van der Waals surface area (Å²) in [4.78, 5) is 0. The average molecular weight is 342 g/mol. The molecule has 1 aromatic rings. The zero-order chi connectivity index (χ0) is 16.2. The molecule has 0 heterocycles. The van der Waals surface area contributed by atoms with Gasteiger partial charge in [-0.05, 0) is 61.5 Å². The number of nitrogens with one attached hydrogen (secondary N) is 4. The molecule has 0 aliphatic heterocycles. The lowest BCUT2D eigenvalue weighted by Gasteiger charge is -2.12. The molecule has 0 atom stereocenters. The molecule has 0 unspecified atom stereocenters. The summed E-state index contributed by atoms with van der Waals surface area (Å²) in [6.07, 6.45) is 1.32. The minimum absolute atomic E-state index is 0.141. The van der Waals surface area contributed by atoms with Crippen LogP contribution in [0.1, 0.15) is 12.8 Å². The van der Waals surface area contributed by atoms with Gasteiger partial charge in [0.1, 0.15) is 0 Å². The smallest absolute Gasteiger partial charge is 0.170 e. The van der Waals surface area contributed by atoms with Crippen LogP contribution in [0.15, 0.2) is 24.3 Å². The first kappa shape index (κ1) is 18.6. The van der Waals surface area contributed by atoms with Crippen molar-refractivity contribution in [1.29, 1.82) is 0 Å². The first-order chi connectivity index (χ1) is 10.7. The molecule has 6 nitrogen and oxygen atoms in total. The van der Waals surface area contributed by atoms with E-state index in [4.69, 9.17) is 34.6 Å². The fourth-order valence-corrected chi connectivity index (χ4v) is 1.99. The van der Waals surface area contributed by atoms with Crippen LogP contribution < -0.4 is 21.3 Å². The van der Waals surface area contributed by atoms with Gasteiger partial charge in [0.05, 0.1) is 0 Å². The maximum absolute atomic E-state index is 8.70. The highest BCUT2D eigenvalue weighted by molar-refractivity contribution is 7.80. The molecule has 1 rings (SSSR count). The number of aliphatic hydroxyl groups is 2. The molecule has 0 fully saturated rings. The molecule has 0 bridgehead atoms. The Balaban J connectivity index is 2.36. The van der Waals surface area contributed by atoms with Gasteiger partial charge in [0.2, 0.25) is 0 Å². The van der Waals surface area contributed by atoms with Gasteiger partial charge in [-0.25, -0.2) is 0 Å². The largest absolute Gasteiger partial charge is 0.396 e. The first-order valence-electron chi connectivity index (χ1n) is 7.07. The number of anilines is 2. The Morgan fingerprint density at radius 3 is 1.45 bits per heavy atom. The van der Waals surface area contributed by atoms with Crippen LogP contribution in [-0.4, -0.2) is 46.7 Å². The van der Waals surface area contributed by atoms with Gasteiger partial charge in [-0.15, -0.1) is 0 Å². The van der Waals surface area contributed by atoms with E-state index in [1.807, 2.05) is 24.3 Å². The second-order valence-corrected chi connectivity index (χ2v) is 5.31. The van der Waals surface area contributed by atoms with Crippen LogP contribution in [-0.2, 0) is 0 Å². The van der Waals surface area contributed by atoms with Gasteiger partial charge in [-0.1, -0.05) is 0 Å². The van der Waals surface area contributed by atoms with Gasteiger partial charge >= 0.3 is 0 Å². The summed E-state index contributed by atoms with van der Waals surface area (Å²) in [6.45, 7) is 1.55.